The molecule has 2 heterocycles. The Hall–Kier alpha value is -1.63. The van der Waals surface area contributed by atoms with Gasteiger partial charge in [0.15, 0.2) is 0 Å². The van der Waals surface area contributed by atoms with Crippen molar-refractivity contribution in [1.29, 1.82) is 0 Å². The molecule has 0 aliphatic carbocycles. The fourth-order valence-corrected chi connectivity index (χ4v) is 4.50. The lowest BCUT2D eigenvalue weighted by molar-refractivity contribution is 0.135. The van der Waals surface area contributed by atoms with Gasteiger partial charge in [0.05, 0.1) is 23.7 Å². The van der Waals surface area contributed by atoms with Gasteiger partial charge in [-0.05, 0) is 30.7 Å². The Morgan fingerprint density at radius 1 is 1.00 bits per heavy atom. The zero-order chi connectivity index (χ0) is 16.7. The van der Waals surface area contributed by atoms with Gasteiger partial charge >= 0.3 is 0 Å². The summed E-state index contributed by atoms with van der Waals surface area (Å²) in [6.07, 6.45) is 0.532. The molecule has 0 radical (unpaired) electrons. The second kappa shape index (κ2) is 6.35. The lowest BCUT2D eigenvalue weighted by atomic mass is 10.1. The van der Waals surface area contributed by atoms with E-state index < -0.39 is 17.7 Å². The van der Waals surface area contributed by atoms with Gasteiger partial charge in [-0.1, -0.05) is 24.1 Å². The van der Waals surface area contributed by atoms with Crippen molar-refractivity contribution in [2.24, 2.45) is 0 Å². The number of benzene rings is 2. The summed E-state index contributed by atoms with van der Waals surface area (Å²) in [4.78, 5) is 0. The summed E-state index contributed by atoms with van der Waals surface area (Å²) in [6, 6.07) is 9.47. The van der Waals surface area contributed by atoms with E-state index >= 15 is 0 Å². The smallest absolute Gasteiger partial charge is 0.133 e. The average molecular weight is 348 g/mol. The molecule has 1 saturated heterocycles. The Bertz CT molecular complexity index is 830. The molecule has 1 aromatic heterocycles. The molecule has 3 nitrogen and oxygen atoms in total. The van der Waals surface area contributed by atoms with Crippen LogP contribution >= 0.6 is 11.9 Å². The minimum Gasteiger partial charge on any atom is -0.390 e. The highest BCUT2D eigenvalue weighted by atomic mass is 32.2. The van der Waals surface area contributed by atoms with Crippen LogP contribution in [0.2, 0.25) is 0 Å². The Kier molecular flexibility index (Phi) is 4.20. The molecule has 0 bridgehead atoms. The monoisotopic (exact) mass is 348 g/mol. The van der Waals surface area contributed by atoms with Crippen LogP contribution in [0.1, 0.15) is 6.42 Å². The van der Waals surface area contributed by atoms with Gasteiger partial charge < -0.3 is 9.67 Å². The second-order valence-electron chi connectivity index (χ2n) is 6.11. The highest BCUT2D eigenvalue weighted by molar-refractivity contribution is 7.97. The van der Waals surface area contributed by atoms with Crippen LogP contribution in [0.5, 0.6) is 0 Å². The number of halogens is 2. The third kappa shape index (κ3) is 2.68. The van der Waals surface area contributed by atoms with Crippen LogP contribution in [-0.2, 0) is 6.54 Å². The maximum Gasteiger partial charge on any atom is 0.133 e. The molecule has 0 amide bonds. The molecular formula is C18H18F2N2OS. The van der Waals surface area contributed by atoms with Crippen molar-refractivity contribution in [3.05, 3.63) is 48.0 Å². The van der Waals surface area contributed by atoms with E-state index in [1.165, 1.54) is 12.1 Å². The fraction of sp³-hybridized carbons (Fsp3) is 0.333. The van der Waals surface area contributed by atoms with E-state index in [0.29, 0.717) is 24.1 Å². The zero-order valence-electron chi connectivity index (χ0n) is 13.1. The molecule has 126 valence electrons. The summed E-state index contributed by atoms with van der Waals surface area (Å²) in [7, 11) is 0. The van der Waals surface area contributed by atoms with Crippen LogP contribution in [0.25, 0.3) is 21.8 Å². The molecule has 6 heteroatoms. The molecule has 1 fully saturated rings. The summed E-state index contributed by atoms with van der Waals surface area (Å²) in [6.45, 7) is 1.83. The Morgan fingerprint density at radius 2 is 1.62 bits per heavy atom. The second-order valence-corrected chi connectivity index (χ2v) is 7.29. The number of nitrogens with zero attached hydrogens (tertiary/aromatic N) is 2. The average Bonchev–Trinajstić information content (AvgIpc) is 3.16. The number of aromatic nitrogens is 1. The molecule has 3 aromatic rings. The van der Waals surface area contributed by atoms with Crippen LogP contribution in [0, 0.1) is 11.6 Å². The third-order valence-electron chi connectivity index (χ3n) is 4.45. The van der Waals surface area contributed by atoms with Gasteiger partial charge in [0, 0.05) is 29.6 Å². The summed E-state index contributed by atoms with van der Waals surface area (Å²) in [5, 5.41) is 11.0. The van der Waals surface area contributed by atoms with Crippen LogP contribution in [0.4, 0.5) is 8.78 Å². The number of aliphatic hydroxyl groups excluding tert-OH is 1. The topological polar surface area (TPSA) is 28.4 Å². The Balaban J connectivity index is 1.78. The van der Waals surface area contributed by atoms with E-state index in [9.17, 15) is 13.9 Å². The van der Waals surface area contributed by atoms with Crippen LogP contribution in [0.3, 0.4) is 0 Å². The van der Waals surface area contributed by atoms with E-state index in [-0.39, 0.29) is 10.8 Å². The summed E-state index contributed by atoms with van der Waals surface area (Å²) >= 11 is 1.74. The van der Waals surface area contributed by atoms with Gasteiger partial charge in [-0.3, -0.25) is 0 Å². The maximum absolute atomic E-state index is 14.3. The molecule has 1 aliphatic rings. The van der Waals surface area contributed by atoms with Gasteiger partial charge in [-0.15, -0.1) is 0 Å². The first-order valence-corrected chi connectivity index (χ1v) is 9.00. The van der Waals surface area contributed by atoms with Crippen molar-refractivity contribution in [3.63, 3.8) is 0 Å². The fourth-order valence-electron chi connectivity index (χ4n) is 3.44. The van der Waals surface area contributed by atoms with Gasteiger partial charge in [-0.25, -0.2) is 13.1 Å². The van der Waals surface area contributed by atoms with Crippen LogP contribution in [0.15, 0.2) is 36.4 Å². The molecule has 1 N–H and O–H groups in total. The van der Waals surface area contributed by atoms with Crippen molar-refractivity contribution in [2.45, 2.75) is 19.1 Å². The Morgan fingerprint density at radius 3 is 2.17 bits per heavy atom. The largest absolute Gasteiger partial charge is 0.390 e. The zero-order valence-corrected chi connectivity index (χ0v) is 13.9. The predicted octanol–water partition coefficient (Wildman–Crippen LogP) is 3.79. The van der Waals surface area contributed by atoms with Gasteiger partial charge in [0.2, 0.25) is 0 Å². The molecule has 1 atom stereocenters. The molecule has 1 aliphatic heterocycles. The highest BCUT2D eigenvalue weighted by Gasteiger charge is 2.21. The van der Waals surface area contributed by atoms with E-state index in [4.69, 9.17) is 0 Å². The number of fused-ring (bicyclic) bond motifs is 3. The summed E-state index contributed by atoms with van der Waals surface area (Å²) in [5.74, 6) is 0.204. The highest BCUT2D eigenvalue weighted by Crippen LogP contribution is 2.33. The molecule has 1 unspecified atom stereocenters. The number of aliphatic hydroxyl groups is 1. The lowest BCUT2D eigenvalue weighted by Crippen LogP contribution is -2.29. The number of β-amino-alcohol motifs (C(OH)–C–C–N with tert-alkyl or cyclic N) is 1. The van der Waals surface area contributed by atoms with Crippen molar-refractivity contribution in [2.75, 3.05) is 18.8 Å². The minimum absolute atomic E-state index is 0.286. The number of hydrogen-bond donors (Lipinski definition) is 1. The maximum atomic E-state index is 14.3. The standard InChI is InChI=1S/C18H18F2N2OS/c19-13-4-1-6-15-17(13)18-14(20)5-2-7-16(18)22(15)11-12(23)10-21-8-3-9-24-21/h1-2,4-7,12,23H,3,8-11H2. The molecule has 0 spiro atoms. The van der Waals surface area contributed by atoms with Gasteiger partial charge in [-0.2, -0.15) is 0 Å². The van der Waals surface area contributed by atoms with Crippen LogP contribution < -0.4 is 0 Å². The van der Waals surface area contributed by atoms with Crippen LogP contribution in [-0.4, -0.2) is 38.9 Å². The van der Waals surface area contributed by atoms with Crippen molar-refractivity contribution in [1.82, 2.24) is 8.87 Å². The first kappa shape index (κ1) is 15.9. The SMILES string of the molecule is OC(CN1CCCS1)Cn1c2cccc(F)c2c2c(F)cccc21. The first-order valence-electron chi connectivity index (χ1n) is 8.06. The minimum atomic E-state index is -0.596. The molecule has 2 aromatic carbocycles. The summed E-state index contributed by atoms with van der Waals surface area (Å²) < 4.78 is 32.6. The van der Waals surface area contributed by atoms with E-state index in [0.717, 1.165) is 18.7 Å². The molecule has 4 rings (SSSR count). The lowest BCUT2D eigenvalue weighted by Gasteiger charge is -2.19. The van der Waals surface area contributed by atoms with Gasteiger partial charge in [0.25, 0.3) is 0 Å². The number of hydrogen-bond acceptors (Lipinski definition) is 3. The van der Waals surface area contributed by atoms with Crippen molar-refractivity contribution >= 4 is 33.8 Å². The van der Waals surface area contributed by atoms with Crippen molar-refractivity contribution in [3.8, 4) is 0 Å². The van der Waals surface area contributed by atoms with Gasteiger partial charge in [0.1, 0.15) is 11.6 Å². The van der Waals surface area contributed by atoms with Crippen molar-refractivity contribution < 1.29 is 13.9 Å². The number of rotatable bonds is 4. The quantitative estimate of drug-likeness (QED) is 0.727. The normalized spacial score (nSPS) is 17.1. The van der Waals surface area contributed by atoms with E-state index in [1.807, 2.05) is 4.57 Å². The molecule has 0 saturated carbocycles. The van der Waals surface area contributed by atoms with E-state index in [2.05, 4.69) is 4.31 Å². The summed E-state index contributed by atoms with van der Waals surface area (Å²) in [5.41, 5.74) is 1.23. The molecular weight excluding hydrogens is 330 g/mol. The third-order valence-corrected chi connectivity index (χ3v) is 5.62. The predicted molar refractivity (Wildman–Crippen MR) is 94.0 cm³/mol. The van der Waals surface area contributed by atoms with E-state index in [1.54, 1.807) is 36.2 Å². The molecule has 24 heavy (non-hydrogen) atoms. The first-order chi connectivity index (χ1) is 11.6. The Labute approximate surface area is 143 Å².